The zero-order valence-electron chi connectivity index (χ0n) is 16.8. The molecule has 2 heterocycles. The van der Waals surface area contributed by atoms with Crippen LogP contribution in [0.3, 0.4) is 0 Å². The first-order valence-corrected chi connectivity index (χ1v) is 10.9. The molecule has 1 N–H and O–H groups in total. The predicted octanol–water partition coefficient (Wildman–Crippen LogP) is 3.75. The summed E-state index contributed by atoms with van der Waals surface area (Å²) in [6.07, 6.45) is 8.51. The van der Waals surface area contributed by atoms with Gasteiger partial charge in [-0.25, -0.2) is 0 Å². The Morgan fingerprint density at radius 2 is 1.93 bits per heavy atom. The summed E-state index contributed by atoms with van der Waals surface area (Å²) < 4.78 is 11.6. The Hall–Kier alpha value is -1.85. The second kappa shape index (κ2) is 9.57. The second-order valence-electron chi connectivity index (χ2n) is 8.15. The number of nitrogens with one attached hydrogen (secondary N) is 1. The summed E-state index contributed by atoms with van der Waals surface area (Å²) in [5.74, 6) is 1.78. The van der Waals surface area contributed by atoms with Crippen molar-refractivity contribution in [3.63, 3.8) is 0 Å². The molecule has 1 saturated carbocycles. The molecule has 1 aliphatic heterocycles. The smallest absolute Gasteiger partial charge is 0.255 e. The maximum atomic E-state index is 12.7. The number of aromatic amines is 1. The number of aromatic nitrogens is 1. The topological polar surface area (TPSA) is 54.6 Å². The largest absolute Gasteiger partial charge is 0.491 e. The summed E-state index contributed by atoms with van der Waals surface area (Å²) in [6.45, 7) is 4.95. The maximum Gasteiger partial charge on any atom is 0.255 e. The molecule has 2 fully saturated rings. The van der Waals surface area contributed by atoms with Crippen LogP contribution >= 0.6 is 0 Å². The van der Waals surface area contributed by atoms with E-state index in [-0.39, 0.29) is 5.56 Å². The van der Waals surface area contributed by atoms with Crippen molar-refractivity contribution in [3.8, 4) is 5.75 Å². The monoisotopic (exact) mass is 384 g/mol. The molecule has 2 aliphatic rings. The minimum Gasteiger partial charge on any atom is -0.491 e. The van der Waals surface area contributed by atoms with Gasteiger partial charge in [-0.15, -0.1) is 0 Å². The standard InChI is InChI=1S/C23H32N2O3/c26-23-20(8-3-1-2-6-18-10-11-18)22(19-7-4-5-9-21(19)24-23)28-17-14-25-12-15-27-16-13-25/h4-5,7,9,18H,1-3,6,8,10-17H2,(H,24,26). The molecule has 28 heavy (non-hydrogen) atoms. The van der Waals surface area contributed by atoms with Gasteiger partial charge in [-0.2, -0.15) is 0 Å². The van der Waals surface area contributed by atoms with Gasteiger partial charge >= 0.3 is 0 Å². The number of hydrogen-bond donors (Lipinski definition) is 1. The molecule has 1 aromatic carbocycles. The lowest BCUT2D eigenvalue weighted by Crippen LogP contribution is -2.38. The Morgan fingerprint density at radius 1 is 1.11 bits per heavy atom. The fraction of sp³-hybridized carbons (Fsp3) is 0.609. The first kappa shape index (κ1) is 19.5. The van der Waals surface area contributed by atoms with E-state index in [0.717, 1.165) is 73.8 Å². The van der Waals surface area contributed by atoms with Gasteiger partial charge in [0.15, 0.2) is 0 Å². The van der Waals surface area contributed by atoms with Crippen molar-refractivity contribution in [3.05, 3.63) is 40.2 Å². The van der Waals surface area contributed by atoms with Crippen molar-refractivity contribution in [1.29, 1.82) is 0 Å². The Kier molecular flexibility index (Phi) is 6.65. The van der Waals surface area contributed by atoms with E-state index >= 15 is 0 Å². The SMILES string of the molecule is O=c1[nH]c2ccccc2c(OCCN2CCOCC2)c1CCCCCC1CC1. The highest BCUT2D eigenvalue weighted by Crippen LogP contribution is 2.34. The number of hydrogen-bond acceptors (Lipinski definition) is 4. The van der Waals surface area contributed by atoms with Crippen LogP contribution in [0.15, 0.2) is 29.1 Å². The van der Waals surface area contributed by atoms with E-state index in [9.17, 15) is 4.79 Å². The fourth-order valence-electron chi connectivity index (χ4n) is 4.07. The van der Waals surface area contributed by atoms with E-state index in [1.165, 1.54) is 32.1 Å². The molecule has 5 heteroatoms. The molecule has 0 atom stereocenters. The number of pyridine rings is 1. The Labute approximate surface area is 167 Å². The van der Waals surface area contributed by atoms with Crippen LogP contribution in [-0.4, -0.2) is 49.3 Å². The number of unbranched alkanes of at least 4 members (excludes halogenated alkanes) is 2. The van der Waals surface area contributed by atoms with Crippen LogP contribution in [0.4, 0.5) is 0 Å². The average Bonchev–Trinajstić information content (AvgIpc) is 3.54. The molecule has 152 valence electrons. The quantitative estimate of drug-likeness (QED) is 0.634. The lowest BCUT2D eigenvalue weighted by atomic mass is 10.0. The number of morpholine rings is 1. The van der Waals surface area contributed by atoms with E-state index in [0.29, 0.717) is 6.61 Å². The van der Waals surface area contributed by atoms with E-state index in [1.807, 2.05) is 24.3 Å². The first-order chi connectivity index (χ1) is 13.8. The van der Waals surface area contributed by atoms with Gasteiger partial charge in [-0.3, -0.25) is 9.69 Å². The lowest BCUT2D eigenvalue weighted by Gasteiger charge is -2.26. The van der Waals surface area contributed by atoms with E-state index in [2.05, 4.69) is 9.88 Å². The molecule has 4 rings (SSSR count). The van der Waals surface area contributed by atoms with Crippen molar-refractivity contribution in [1.82, 2.24) is 9.88 Å². The van der Waals surface area contributed by atoms with Gasteiger partial charge in [0.05, 0.1) is 24.3 Å². The number of para-hydroxylation sites is 1. The molecule has 2 aromatic rings. The number of fused-ring (bicyclic) bond motifs is 1. The van der Waals surface area contributed by atoms with E-state index < -0.39 is 0 Å². The third-order valence-electron chi connectivity index (χ3n) is 5.96. The third-order valence-corrected chi connectivity index (χ3v) is 5.96. The maximum absolute atomic E-state index is 12.7. The molecule has 0 radical (unpaired) electrons. The zero-order chi connectivity index (χ0) is 19.2. The van der Waals surface area contributed by atoms with Gasteiger partial charge in [0.1, 0.15) is 12.4 Å². The number of rotatable bonds is 10. The number of H-pyrrole nitrogens is 1. The highest BCUT2D eigenvalue weighted by Gasteiger charge is 2.20. The van der Waals surface area contributed by atoms with Crippen LogP contribution in [0.1, 0.15) is 44.1 Å². The molecule has 0 unspecified atom stereocenters. The molecular formula is C23H32N2O3. The highest BCUT2D eigenvalue weighted by atomic mass is 16.5. The van der Waals surface area contributed by atoms with Gasteiger partial charge in [-0.1, -0.05) is 44.2 Å². The molecule has 1 aliphatic carbocycles. The minimum atomic E-state index is 0.00210. The molecule has 0 amide bonds. The van der Waals surface area contributed by atoms with Crippen LogP contribution in [0.5, 0.6) is 5.75 Å². The Balaban J connectivity index is 1.43. The van der Waals surface area contributed by atoms with Crippen molar-refractivity contribution >= 4 is 10.9 Å². The summed E-state index contributed by atoms with van der Waals surface area (Å²) in [6, 6.07) is 7.96. The minimum absolute atomic E-state index is 0.00210. The summed E-state index contributed by atoms with van der Waals surface area (Å²) in [5, 5.41) is 1.01. The number of ether oxygens (including phenoxy) is 2. The van der Waals surface area contributed by atoms with Crippen molar-refractivity contribution in [2.45, 2.75) is 44.9 Å². The van der Waals surface area contributed by atoms with Crippen molar-refractivity contribution in [2.24, 2.45) is 5.92 Å². The highest BCUT2D eigenvalue weighted by molar-refractivity contribution is 5.86. The normalized spacial score (nSPS) is 17.9. The van der Waals surface area contributed by atoms with Crippen LogP contribution in [0, 0.1) is 5.92 Å². The molecular weight excluding hydrogens is 352 g/mol. The molecule has 0 bridgehead atoms. The zero-order valence-corrected chi connectivity index (χ0v) is 16.8. The molecule has 0 spiro atoms. The molecule has 5 nitrogen and oxygen atoms in total. The third kappa shape index (κ3) is 5.15. The lowest BCUT2D eigenvalue weighted by molar-refractivity contribution is 0.0323. The Bertz CT molecular complexity index is 822. The van der Waals surface area contributed by atoms with E-state index in [1.54, 1.807) is 0 Å². The van der Waals surface area contributed by atoms with Crippen LogP contribution in [0.25, 0.3) is 10.9 Å². The van der Waals surface area contributed by atoms with Gasteiger partial charge in [0.2, 0.25) is 0 Å². The molecule has 1 aromatic heterocycles. The van der Waals surface area contributed by atoms with Gasteiger partial charge in [-0.05, 0) is 30.9 Å². The fourth-order valence-corrected chi connectivity index (χ4v) is 4.07. The average molecular weight is 385 g/mol. The van der Waals surface area contributed by atoms with E-state index in [4.69, 9.17) is 9.47 Å². The number of benzene rings is 1. The van der Waals surface area contributed by atoms with Crippen molar-refractivity contribution in [2.75, 3.05) is 39.5 Å². The summed E-state index contributed by atoms with van der Waals surface area (Å²) in [5.41, 5.74) is 1.67. The van der Waals surface area contributed by atoms with Gasteiger partial charge in [0, 0.05) is 25.0 Å². The van der Waals surface area contributed by atoms with Gasteiger partial charge in [0.25, 0.3) is 5.56 Å². The second-order valence-corrected chi connectivity index (χ2v) is 8.15. The van der Waals surface area contributed by atoms with Crippen LogP contribution in [-0.2, 0) is 11.2 Å². The first-order valence-electron chi connectivity index (χ1n) is 10.9. The summed E-state index contributed by atoms with van der Waals surface area (Å²) in [4.78, 5) is 18.1. The van der Waals surface area contributed by atoms with Crippen molar-refractivity contribution < 1.29 is 9.47 Å². The number of nitrogens with zero attached hydrogens (tertiary/aromatic N) is 1. The van der Waals surface area contributed by atoms with Crippen LogP contribution < -0.4 is 10.3 Å². The summed E-state index contributed by atoms with van der Waals surface area (Å²) in [7, 11) is 0. The predicted molar refractivity (Wildman–Crippen MR) is 112 cm³/mol. The van der Waals surface area contributed by atoms with Gasteiger partial charge < -0.3 is 14.5 Å². The molecule has 1 saturated heterocycles. The summed E-state index contributed by atoms with van der Waals surface area (Å²) >= 11 is 0. The Morgan fingerprint density at radius 3 is 2.75 bits per heavy atom. The van der Waals surface area contributed by atoms with Crippen LogP contribution in [0.2, 0.25) is 0 Å².